The fourth-order valence-electron chi connectivity index (χ4n) is 3.16. The highest BCUT2D eigenvalue weighted by molar-refractivity contribution is 4.49. The first kappa shape index (κ1) is 21.9. The molecule has 22 heavy (non-hydrogen) atoms. The van der Waals surface area contributed by atoms with Crippen molar-refractivity contribution in [3.05, 3.63) is 0 Å². The number of quaternary nitrogens is 1. The van der Waals surface area contributed by atoms with E-state index in [-0.39, 0.29) is 0 Å². The fraction of sp³-hybridized carbons (Fsp3) is 1.00. The standard InChI is InChI=1S/C16H36N.C4H8O/c1-5-9-13-17(14-10-6-2,15-11-7-3)16-12-8-4;1-2-4-5-3-1/h5-16H2,1-4H3;1-4H2/q+1;. The van der Waals surface area contributed by atoms with Crippen LogP contribution < -0.4 is 0 Å². The minimum absolute atomic E-state index is 1.00. The van der Waals surface area contributed by atoms with Crippen molar-refractivity contribution in [1.29, 1.82) is 0 Å². The van der Waals surface area contributed by atoms with Gasteiger partial charge in [-0.15, -0.1) is 0 Å². The van der Waals surface area contributed by atoms with E-state index in [9.17, 15) is 0 Å². The third-order valence-corrected chi connectivity index (χ3v) is 4.77. The zero-order chi connectivity index (χ0) is 16.5. The van der Waals surface area contributed by atoms with Gasteiger partial charge in [-0.1, -0.05) is 53.4 Å². The Morgan fingerprint density at radius 1 is 0.591 bits per heavy atom. The second kappa shape index (κ2) is 15.8. The van der Waals surface area contributed by atoms with Crippen LogP contribution in [0.25, 0.3) is 0 Å². The number of unbranched alkanes of at least 4 members (excludes halogenated alkanes) is 4. The molecule has 0 aromatic heterocycles. The number of rotatable bonds is 12. The molecule has 0 atom stereocenters. The van der Waals surface area contributed by atoms with Crippen LogP contribution in [0.15, 0.2) is 0 Å². The molecule has 0 N–H and O–H groups in total. The first-order valence-corrected chi connectivity index (χ1v) is 10.2. The predicted molar refractivity (Wildman–Crippen MR) is 99.4 cm³/mol. The van der Waals surface area contributed by atoms with Crippen LogP contribution in [0.2, 0.25) is 0 Å². The molecule has 2 heteroatoms. The second-order valence-corrected chi connectivity index (χ2v) is 6.97. The van der Waals surface area contributed by atoms with Gasteiger partial charge in [-0.2, -0.15) is 0 Å². The maximum atomic E-state index is 4.94. The van der Waals surface area contributed by atoms with E-state index in [2.05, 4.69) is 27.7 Å². The van der Waals surface area contributed by atoms with E-state index in [1.165, 1.54) is 94.9 Å². The Morgan fingerprint density at radius 3 is 1.09 bits per heavy atom. The largest absolute Gasteiger partial charge is 0.381 e. The van der Waals surface area contributed by atoms with Crippen LogP contribution in [0, 0.1) is 0 Å². The lowest BCUT2D eigenvalue weighted by Crippen LogP contribution is -2.50. The van der Waals surface area contributed by atoms with Crippen molar-refractivity contribution in [2.45, 2.75) is 91.9 Å². The Kier molecular flexibility index (Phi) is 15.7. The van der Waals surface area contributed by atoms with Crippen molar-refractivity contribution in [3.63, 3.8) is 0 Å². The van der Waals surface area contributed by atoms with Crippen molar-refractivity contribution in [2.75, 3.05) is 39.4 Å². The average molecular weight is 315 g/mol. The Morgan fingerprint density at radius 2 is 0.909 bits per heavy atom. The summed E-state index contributed by atoms with van der Waals surface area (Å²) in [6.45, 7) is 17.0. The molecule has 0 bridgehead atoms. The minimum atomic E-state index is 1.00. The van der Waals surface area contributed by atoms with Crippen LogP contribution in [0.4, 0.5) is 0 Å². The van der Waals surface area contributed by atoms with Crippen molar-refractivity contribution >= 4 is 0 Å². The summed E-state index contributed by atoms with van der Waals surface area (Å²) < 4.78 is 6.36. The van der Waals surface area contributed by atoms with E-state index in [0.29, 0.717) is 0 Å². The van der Waals surface area contributed by atoms with E-state index in [0.717, 1.165) is 13.2 Å². The molecule has 1 fully saturated rings. The van der Waals surface area contributed by atoms with Crippen LogP contribution in [-0.4, -0.2) is 43.9 Å². The number of ether oxygens (including phenoxy) is 1. The minimum Gasteiger partial charge on any atom is -0.381 e. The van der Waals surface area contributed by atoms with Gasteiger partial charge in [0.1, 0.15) is 0 Å². The molecule has 1 heterocycles. The third kappa shape index (κ3) is 11.5. The quantitative estimate of drug-likeness (QED) is 0.414. The van der Waals surface area contributed by atoms with Crippen molar-refractivity contribution < 1.29 is 9.22 Å². The average Bonchev–Trinajstić information content (AvgIpc) is 3.13. The molecule has 0 unspecified atom stereocenters. The summed E-state index contributed by atoms with van der Waals surface area (Å²) in [7, 11) is 0. The van der Waals surface area contributed by atoms with Gasteiger partial charge in [0, 0.05) is 13.2 Å². The summed E-state index contributed by atoms with van der Waals surface area (Å²) in [5.74, 6) is 0. The normalized spacial score (nSPS) is 14.7. The molecule has 1 rings (SSSR count). The van der Waals surface area contributed by atoms with Crippen LogP contribution in [0.5, 0.6) is 0 Å². The van der Waals surface area contributed by atoms with Gasteiger partial charge in [-0.3, -0.25) is 0 Å². The molecule has 0 aromatic carbocycles. The van der Waals surface area contributed by atoms with Gasteiger partial charge in [0.15, 0.2) is 0 Å². The molecule has 1 aliphatic rings. The first-order valence-electron chi connectivity index (χ1n) is 10.2. The van der Waals surface area contributed by atoms with Crippen molar-refractivity contribution in [2.24, 2.45) is 0 Å². The number of nitrogens with zero attached hydrogens (tertiary/aromatic N) is 1. The van der Waals surface area contributed by atoms with Crippen LogP contribution in [0.1, 0.15) is 91.9 Å². The number of hydrogen-bond donors (Lipinski definition) is 0. The molecular formula is C20H44NO+. The van der Waals surface area contributed by atoms with Gasteiger partial charge in [-0.25, -0.2) is 0 Å². The number of hydrogen-bond acceptors (Lipinski definition) is 1. The van der Waals surface area contributed by atoms with Crippen molar-refractivity contribution in [3.8, 4) is 0 Å². The maximum Gasteiger partial charge on any atom is 0.0786 e. The van der Waals surface area contributed by atoms with Gasteiger partial charge in [0.25, 0.3) is 0 Å². The lowest BCUT2D eigenvalue weighted by Gasteiger charge is -2.39. The van der Waals surface area contributed by atoms with Gasteiger partial charge in [0.05, 0.1) is 26.2 Å². The lowest BCUT2D eigenvalue weighted by molar-refractivity contribution is -0.929. The second-order valence-electron chi connectivity index (χ2n) is 6.97. The van der Waals surface area contributed by atoms with E-state index in [1.807, 2.05) is 0 Å². The molecule has 0 saturated carbocycles. The van der Waals surface area contributed by atoms with Gasteiger partial charge in [0.2, 0.25) is 0 Å². The van der Waals surface area contributed by atoms with E-state index in [4.69, 9.17) is 4.74 Å². The van der Waals surface area contributed by atoms with Crippen molar-refractivity contribution in [1.82, 2.24) is 0 Å². The van der Waals surface area contributed by atoms with Gasteiger partial charge in [-0.05, 0) is 38.5 Å². The molecule has 2 nitrogen and oxygen atoms in total. The molecule has 0 radical (unpaired) electrons. The highest BCUT2D eigenvalue weighted by atomic mass is 16.5. The molecule has 0 aliphatic carbocycles. The summed E-state index contributed by atoms with van der Waals surface area (Å²) in [5.41, 5.74) is 0. The summed E-state index contributed by atoms with van der Waals surface area (Å²) in [4.78, 5) is 0. The molecule has 1 saturated heterocycles. The monoisotopic (exact) mass is 314 g/mol. The van der Waals surface area contributed by atoms with Crippen LogP contribution in [-0.2, 0) is 4.74 Å². The summed E-state index contributed by atoms with van der Waals surface area (Å²) in [6.07, 6.45) is 13.6. The Hall–Kier alpha value is -0.0800. The van der Waals surface area contributed by atoms with E-state index in [1.54, 1.807) is 0 Å². The summed E-state index contributed by atoms with van der Waals surface area (Å²) in [6, 6.07) is 0. The molecule has 0 spiro atoms. The predicted octanol–water partition coefficient (Wildman–Crippen LogP) is 5.80. The smallest absolute Gasteiger partial charge is 0.0786 e. The highest BCUT2D eigenvalue weighted by Gasteiger charge is 2.24. The topological polar surface area (TPSA) is 9.23 Å². The van der Waals surface area contributed by atoms with Crippen LogP contribution >= 0.6 is 0 Å². The SMILES string of the molecule is C1CCOC1.CCCC[N+](CCCC)(CCCC)CCCC. The Bertz CT molecular complexity index is 169. The van der Waals surface area contributed by atoms with Gasteiger partial charge >= 0.3 is 0 Å². The van der Waals surface area contributed by atoms with E-state index >= 15 is 0 Å². The fourth-order valence-corrected chi connectivity index (χ4v) is 3.16. The Labute approximate surface area is 141 Å². The third-order valence-electron chi connectivity index (χ3n) is 4.77. The Balaban J connectivity index is 0.000000734. The molecule has 1 aliphatic heterocycles. The molecule has 134 valence electrons. The first-order chi connectivity index (χ1) is 10.7. The zero-order valence-electron chi connectivity index (χ0n) is 16.2. The molecule has 0 aromatic rings. The van der Waals surface area contributed by atoms with Crippen LogP contribution in [0.3, 0.4) is 0 Å². The summed E-state index contributed by atoms with van der Waals surface area (Å²) >= 11 is 0. The maximum absolute atomic E-state index is 4.94. The van der Waals surface area contributed by atoms with E-state index < -0.39 is 0 Å². The summed E-state index contributed by atoms with van der Waals surface area (Å²) in [5, 5.41) is 0. The van der Waals surface area contributed by atoms with Gasteiger partial charge < -0.3 is 9.22 Å². The molecule has 0 amide bonds. The zero-order valence-corrected chi connectivity index (χ0v) is 16.2. The molecular weight excluding hydrogens is 270 g/mol. The lowest BCUT2D eigenvalue weighted by atomic mass is 10.1. The highest BCUT2D eigenvalue weighted by Crippen LogP contribution is 2.16.